The minimum atomic E-state index is -0.0208. The molecule has 0 bridgehead atoms. The molecule has 5 nitrogen and oxygen atoms in total. The summed E-state index contributed by atoms with van der Waals surface area (Å²) in [5.41, 5.74) is 1.69. The van der Waals surface area contributed by atoms with Crippen LogP contribution in [0.25, 0.3) is 0 Å². The van der Waals surface area contributed by atoms with Crippen molar-refractivity contribution in [3.05, 3.63) is 45.9 Å². The van der Waals surface area contributed by atoms with E-state index in [2.05, 4.69) is 33.5 Å². The summed E-state index contributed by atoms with van der Waals surface area (Å²) in [6.45, 7) is 5.33. The largest absolute Gasteiger partial charge is 0.335 e. The van der Waals surface area contributed by atoms with Crippen LogP contribution in [0.3, 0.4) is 0 Å². The van der Waals surface area contributed by atoms with Gasteiger partial charge in [0.25, 0.3) is 5.91 Å². The molecule has 116 valence electrons. The number of hydrogen-bond donors (Lipinski definition) is 0. The second-order valence-electron chi connectivity index (χ2n) is 5.35. The molecule has 1 unspecified atom stereocenters. The van der Waals surface area contributed by atoms with Crippen LogP contribution in [0.2, 0.25) is 5.02 Å². The van der Waals surface area contributed by atoms with E-state index < -0.39 is 0 Å². The summed E-state index contributed by atoms with van der Waals surface area (Å²) < 4.78 is 3.75. The van der Waals surface area contributed by atoms with Crippen molar-refractivity contribution >= 4 is 29.0 Å². The van der Waals surface area contributed by atoms with Crippen LogP contribution < -0.4 is 0 Å². The molecule has 2 heterocycles. The molecule has 0 saturated carbocycles. The molecule has 0 radical (unpaired) electrons. The second-order valence-corrected chi connectivity index (χ2v) is 6.39. The highest BCUT2D eigenvalue weighted by molar-refractivity contribution is 7.03. The minimum Gasteiger partial charge on any atom is -0.335 e. The van der Waals surface area contributed by atoms with Gasteiger partial charge in [-0.3, -0.25) is 9.69 Å². The molecule has 1 aromatic carbocycles. The van der Waals surface area contributed by atoms with Gasteiger partial charge in [0.1, 0.15) is 0 Å². The summed E-state index contributed by atoms with van der Waals surface area (Å²) in [5.74, 6) is -0.0208. The summed E-state index contributed by atoms with van der Waals surface area (Å²) in [7, 11) is 0. The first-order valence-electron chi connectivity index (χ1n) is 7.21. The van der Waals surface area contributed by atoms with Crippen LogP contribution in [0.4, 0.5) is 0 Å². The first-order valence-corrected chi connectivity index (χ1v) is 8.42. The lowest BCUT2D eigenvalue weighted by molar-refractivity contribution is 0.0576. The Hall–Kier alpha value is -1.50. The number of benzene rings is 1. The average molecular weight is 337 g/mol. The first-order chi connectivity index (χ1) is 10.6. The Balaban J connectivity index is 1.59. The van der Waals surface area contributed by atoms with Gasteiger partial charge in [-0.2, -0.15) is 0 Å². The van der Waals surface area contributed by atoms with Crippen LogP contribution in [0.15, 0.2) is 29.6 Å². The second kappa shape index (κ2) is 6.73. The van der Waals surface area contributed by atoms with E-state index in [1.54, 1.807) is 5.38 Å². The van der Waals surface area contributed by atoms with Gasteiger partial charge in [-0.05, 0) is 36.2 Å². The maximum absolute atomic E-state index is 12.2. The van der Waals surface area contributed by atoms with E-state index >= 15 is 0 Å². The van der Waals surface area contributed by atoms with E-state index in [9.17, 15) is 4.79 Å². The van der Waals surface area contributed by atoms with Crippen molar-refractivity contribution in [2.45, 2.75) is 13.0 Å². The van der Waals surface area contributed by atoms with Crippen LogP contribution in [-0.4, -0.2) is 51.5 Å². The summed E-state index contributed by atoms with van der Waals surface area (Å²) in [5, 5.41) is 6.30. The predicted octanol–water partition coefficient (Wildman–Crippen LogP) is 2.71. The first kappa shape index (κ1) is 15.4. The maximum atomic E-state index is 12.2. The summed E-state index contributed by atoms with van der Waals surface area (Å²) in [4.78, 5) is 16.5. The van der Waals surface area contributed by atoms with Gasteiger partial charge in [0.05, 0.1) is 0 Å². The third-order valence-electron chi connectivity index (χ3n) is 4.08. The van der Waals surface area contributed by atoms with Crippen molar-refractivity contribution in [1.82, 2.24) is 19.4 Å². The normalized spacial score (nSPS) is 17.5. The number of aromatic nitrogens is 2. The number of carbonyl (C=O) groups excluding carboxylic acids is 1. The van der Waals surface area contributed by atoms with Gasteiger partial charge in [0.2, 0.25) is 0 Å². The van der Waals surface area contributed by atoms with Gasteiger partial charge >= 0.3 is 0 Å². The van der Waals surface area contributed by atoms with Gasteiger partial charge < -0.3 is 4.90 Å². The van der Waals surface area contributed by atoms with Gasteiger partial charge in [0, 0.05) is 42.6 Å². The molecular weight excluding hydrogens is 320 g/mol. The van der Waals surface area contributed by atoms with Crippen LogP contribution in [0, 0.1) is 0 Å². The van der Waals surface area contributed by atoms with Crippen molar-refractivity contribution in [3.63, 3.8) is 0 Å². The highest BCUT2D eigenvalue weighted by Gasteiger charge is 2.26. The molecule has 1 aromatic heterocycles. The van der Waals surface area contributed by atoms with Crippen molar-refractivity contribution in [1.29, 1.82) is 0 Å². The average Bonchev–Trinajstić information content (AvgIpc) is 3.09. The lowest BCUT2D eigenvalue weighted by Gasteiger charge is -2.38. The van der Waals surface area contributed by atoms with Gasteiger partial charge in [-0.15, -0.1) is 5.10 Å². The molecule has 3 rings (SSSR count). The lowest BCUT2D eigenvalue weighted by Crippen LogP contribution is -2.49. The Morgan fingerprint density at radius 1 is 1.23 bits per heavy atom. The number of halogens is 1. The van der Waals surface area contributed by atoms with Crippen LogP contribution in [0.5, 0.6) is 0 Å². The highest BCUT2D eigenvalue weighted by atomic mass is 35.5. The Labute approximate surface area is 138 Å². The fourth-order valence-corrected chi connectivity index (χ4v) is 3.24. The van der Waals surface area contributed by atoms with Crippen LogP contribution in [0.1, 0.15) is 29.0 Å². The molecule has 1 amide bonds. The Morgan fingerprint density at radius 2 is 1.91 bits per heavy atom. The van der Waals surface area contributed by atoms with Crippen molar-refractivity contribution < 1.29 is 4.79 Å². The van der Waals surface area contributed by atoms with Crippen molar-refractivity contribution in [2.24, 2.45) is 0 Å². The van der Waals surface area contributed by atoms with Gasteiger partial charge in [-0.1, -0.05) is 28.2 Å². The van der Waals surface area contributed by atoms with E-state index in [4.69, 9.17) is 11.6 Å². The third-order valence-corrected chi connectivity index (χ3v) is 4.84. The monoisotopic (exact) mass is 336 g/mol. The number of nitrogens with zero attached hydrogens (tertiary/aromatic N) is 4. The van der Waals surface area contributed by atoms with Crippen LogP contribution in [-0.2, 0) is 0 Å². The molecule has 1 aliphatic rings. The fourth-order valence-electron chi connectivity index (χ4n) is 2.68. The quantitative estimate of drug-likeness (QED) is 0.864. The molecule has 0 N–H and O–H groups in total. The fraction of sp³-hybridized carbons (Fsp3) is 0.400. The molecule has 0 spiro atoms. The number of hydrogen-bond acceptors (Lipinski definition) is 5. The number of amides is 1. The zero-order valence-corrected chi connectivity index (χ0v) is 13.8. The predicted molar refractivity (Wildman–Crippen MR) is 87.3 cm³/mol. The van der Waals surface area contributed by atoms with E-state index in [1.807, 2.05) is 17.0 Å². The maximum Gasteiger partial charge on any atom is 0.275 e. The zero-order chi connectivity index (χ0) is 15.5. The Kier molecular flexibility index (Phi) is 4.71. The Bertz CT molecular complexity index is 624. The van der Waals surface area contributed by atoms with Crippen molar-refractivity contribution in [2.75, 3.05) is 26.2 Å². The van der Waals surface area contributed by atoms with E-state index in [0.717, 1.165) is 18.1 Å². The molecule has 1 atom stereocenters. The zero-order valence-electron chi connectivity index (χ0n) is 12.3. The van der Waals surface area contributed by atoms with E-state index in [-0.39, 0.29) is 5.91 Å². The van der Waals surface area contributed by atoms with Crippen molar-refractivity contribution in [3.8, 4) is 0 Å². The summed E-state index contributed by atoms with van der Waals surface area (Å²) >= 11 is 7.14. The van der Waals surface area contributed by atoms with Gasteiger partial charge in [-0.25, -0.2) is 0 Å². The highest BCUT2D eigenvalue weighted by Crippen LogP contribution is 2.23. The number of rotatable bonds is 3. The topological polar surface area (TPSA) is 49.3 Å². The molecule has 1 fully saturated rings. The van der Waals surface area contributed by atoms with E-state index in [0.29, 0.717) is 24.8 Å². The van der Waals surface area contributed by atoms with Gasteiger partial charge in [0.15, 0.2) is 5.69 Å². The number of piperazine rings is 1. The van der Waals surface area contributed by atoms with E-state index in [1.165, 1.54) is 17.1 Å². The smallest absolute Gasteiger partial charge is 0.275 e. The Morgan fingerprint density at radius 3 is 2.50 bits per heavy atom. The minimum absolute atomic E-state index is 0.0208. The van der Waals surface area contributed by atoms with Crippen LogP contribution >= 0.6 is 23.1 Å². The number of carbonyl (C=O) groups is 1. The summed E-state index contributed by atoms with van der Waals surface area (Å²) in [6, 6.07) is 8.28. The molecule has 7 heteroatoms. The molecule has 1 aliphatic heterocycles. The summed E-state index contributed by atoms with van der Waals surface area (Å²) in [6.07, 6.45) is 0. The molecule has 22 heavy (non-hydrogen) atoms. The molecule has 1 saturated heterocycles. The SMILES string of the molecule is CC(c1ccc(Cl)cc1)N1CCN(C(=O)c2csnn2)CC1. The standard InChI is InChI=1S/C15H17ClN4OS/c1-11(12-2-4-13(16)5-3-12)19-6-8-20(9-7-19)15(21)14-10-22-18-17-14/h2-5,10-11H,6-9H2,1H3. The molecular formula is C15H17ClN4OS. The third kappa shape index (κ3) is 3.29. The lowest BCUT2D eigenvalue weighted by atomic mass is 10.1. The molecule has 0 aliphatic carbocycles. The molecule has 2 aromatic rings.